The molecule has 0 fully saturated rings. The summed E-state index contributed by atoms with van der Waals surface area (Å²) in [7, 11) is 0. The van der Waals surface area contributed by atoms with Gasteiger partial charge in [-0.1, -0.05) is 19.1 Å². The van der Waals surface area contributed by atoms with Crippen molar-refractivity contribution in [3.05, 3.63) is 46.5 Å². The molecular formula is C15H12O5. The molecule has 102 valence electrons. The maximum absolute atomic E-state index is 11.3. The highest BCUT2D eigenvalue weighted by atomic mass is 16.4. The summed E-state index contributed by atoms with van der Waals surface area (Å²) in [5.41, 5.74) is 0.816. The minimum atomic E-state index is -1.19. The summed E-state index contributed by atoms with van der Waals surface area (Å²) in [6, 6.07) is 5.67. The van der Waals surface area contributed by atoms with Crippen LogP contribution in [0.4, 0.5) is 0 Å². The normalized spacial score (nSPS) is 10.4. The number of hydrogen-bond donors (Lipinski definition) is 2. The largest absolute Gasteiger partial charge is 0.478 e. The number of carboxylic acids is 2. The van der Waals surface area contributed by atoms with E-state index in [2.05, 4.69) is 0 Å². The van der Waals surface area contributed by atoms with Crippen molar-refractivity contribution in [3.63, 3.8) is 0 Å². The molecule has 0 atom stereocenters. The quantitative estimate of drug-likeness (QED) is 0.835. The van der Waals surface area contributed by atoms with Crippen molar-refractivity contribution in [2.24, 2.45) is 0 Å². The average Bonchev–Trinajstić information content (AvgIpc) is 2.44. The SMILES string of the molecule is CCc1ccc(C(=O)O)c2c(C=O)ccc(C(=O)O)c12. The zero-order valence-corrected chi connectivity index (χ0v) is 10.7. The van der Waals surface area contributed by atoms with Gasteiger partial charge in [-0.25, -0.2) is 9.59 Å². The molecule has 5 nitrogen and oxygen atoms in total. The molecule has 0 heterocycles. The Morgan fingerprint density at radius 1 is 1.00 bits per heavy atom. The monoisotopic (exact) mass is 272 g/mol. The van der Waals surface area contributed by atoms with Crippen molar-refractivity contribution in [2.45, 2.75) is 13.3 Å². The third kappa shape index (κ3) is 2.03. The molecule has 0 aliphatic carbocycles. The molecule has 0 amide bonds. The van der Waals surface area contributed by atoms with Gasteiger partial charge in [-0.3, -0.25) is 4.79 Å². The predicted molar refractivity (Wildman–Crippen MR) is 72.6 cm³/mol. The van der Waals surface area contributed by atoms with E-state index >= 15 is 0 Å². The smallest absolute Gasteiger partial charge is 0.336 e. The van der Waals surface area contributed by atoms with Crippen LogP contribution in [0.25, 0.3) is 10.8 Å². The van der Waals surface area contributed by atoms with Gasteiger partial charge >= 0.3 is 11.9 Å². The fourth-order valence-corrected chi connectivity index (χ4v) is 2.34. The maximum atomic E-state index is 11.3. The molecule has 20 heavy (non-hydrogen) atoms. The van der Waals surface area contributed by atoms with Crippen LogP contribution in [0.15, 0.2) is 24.3 Å². The van der Waals surface area contributed by atoms with E-state index in [9.17, 15) is 24.6 Å². The van der Waals surface area contributed by atoms with Gasteiger partial charge in [0.1, 0.15) is 0 Å². The van der Waals surface area contributed by atoms with Crippen LogP contribution in [0.2, 0.25) is 0 Å². The Kier molecular flexibility index (Phi) is 3.52. The number of aryl methyl sites for hydroxylation is 1. The highest BCUT2D eigenvalue weighted by Crippen LogP contribution is 2.29. The zero-order chi connectivity index (χ0) is 14.9. The van der Waals surface area contributed by atoms with Crippen LogP contribution in [-0.2, 0) is 6.42 Å². The number of fused-ring (bicyclic) bond motifs is 1. The number of carbonyl (C=O) groups is 3. The first kappa shape index (κ1) is 13.7. The minimum absolute atomic E-state index is 0.00514. The van der Waals surface area contributed by atoms with E-state index < -0.39 is 11.9 Å². The number of rotatable bonds is 4. The molecular weight excluding hydrogens is 260 g/mol. The number of benzene rings is 2. The van der Waals surface area contributed by atoms with Crippen LogP contribution in [0.3, 0.4) is 0 Å². The van der Waals surface area contributed by atoms with Gasteiger partial charge in [0.25, 0.3) is 0 Å². The van der Waals surface area contributed by atoms with Crippen molar-refractivity contribution in [1.82, 2.24) is 0 Å². The highest BCUT2D eigenvalue weighted by molar-refractivity contribution is 6.16. The molecule has 0 radical (unpaired) electrons. The molecule has 0 aliphatic rings. The molecule has 0 bridgehead atoms. The molecule has 2 N–H and O–H groups in total. The summed E-state index contributed by atoms with van der Waals surface area (Å²) in [5, 5.41) is 19.0. The predicted octanol–water partition coefficient (Wildman–Crippen LogP) is 2.61. The van der Waals surface area contributed by atoms with Crippen molar-refractivity contribution < 1.29 is 24.6 Å². The van der Waals surface area contributed by atoms with Gasteiger partial charge in [-0.2, -0.15) is 0 Å². The maximum Gasteiger partial charge on any atom is 0.336 e. The van der Waals surface area contributed by atoms with Crippen LogP contribution in [0.5, 0.6) is 0 Å². The fourth-order valence-electron chi connectivity index (χ4n) is 2.34. The summed E-state index contributed by atoms with van der Waals surface area (Å²) in [6.45, 7) is 1.84. The molecule has 0 aromatic heterocycles. The molecule has 0 saturated carbocycles. The second-order valence-corrected chi connectivity index (χ2v) is 4.31. The van der Waals surface area contributed by atoms with Crippen molar-refractivity contribution in [2.75, 3.05) is 0 Å². The number of carboxylic acid groups (broad SMARTS) is 2. The molecule has 2 aromatic carbocycles. The summed E-state index contributed by atoms with van der Waals surface area (Å²) in [4.78, 5) is 33.8. The molecule has 0 spiro atoms. The van der Waals surface area contributed by atoms with Crippen molar-refractivity contribution in [3.8, 4) is 0 Å². The van der Waals surface area contributed by atoms with E-state index in [1.165, 1.54) is 18.2 Å². The summed E-state index contributed by atoms with van der Waals surface area (Å²) in [6.07, 6.45) is 1.08. The van der Waals surface area contributed by atoms with Gasteiger partial charge in [0.15, 0.2) is 6.29 Å². The molecule has 0 saturated heterocycles. The second-order valence-electron chi connectivity index (χ2n) is 4.31. The van der Waals surface area contributed by atoms with E-state index in [-0.39, 0.29) is 22.1 Å². The average molecular weight is 272 g/mol. The van der Waals surface area contributed by atoms with Gasteiger partial charge in [0.2, 0.25) is 0 Å². The molecule has 0 unspecified atom stereocenters. The van der Waals surface area contributed by atoms with Crippen LogP contribution in [0, 0.1) is 0 Å². The number of carbonyl (C=O) groups excluding carboxylic acids is 1. The van der Waals surface area contributed by atoms with Gasteiger partial charge < -0.3 is 10.2 Å². The summed E-state index contributed by atoms with van der Waals surface area (Å²) in [5.74, 6) is -2.34. The lowest BCUT2D eigenvalue weighted by Crippen LogP contribution is -2.06. The van der Waals surface area contributed by atoms with E-state index in [0.717, 1.165) is 0 Å². The molecule has 2 rings (SSSR count). The Balaban J connectivity index is 3.08. The Bertz CT molecular complexity index is 731. The summed E-state index contributed by atoms with van der Waals surface area (Å²) < 4.78 is 0. The third-order valence-electron chi connectivity index (χ3n) is 3.25. The van der Waals surface area contributed by atoms with Gasteiger partial charge in [0.05, 0.1) is 11.1 Å². The lowest BCUT2D eigenvalue weighted by molar-refractivity contribution is 0.0686. The standard InChI is InChI=1S/C15H12O5/c1-2-8-3-5-11(15(19)20)13-9(7-16)4-6-10(12(8)13)14(17)18/h3-7H,2H2,1H3,(H,17,18)(H,19,20). The minimum Gasteiger partial charge on any atom is -0.478 e. The van der Waals surface area contributed by atoms with Crippen LogP contribution in [0.1, 0.15) is 43.6 Å². The van der Waals surface area contributed by atoms with E-state index in [1.807, 2.05) is 6.92 Å². The Labute approximate surface area is 114 Å². The van der Waals surface area contributed by atoms with Gasteiger partial charge in [-0.15, -0.1) is 0 Å². The van der Waals surface area contributed by atoms with E-state index in [0.29, 0.717) is 23.7 Å². The van der Waals surface area contributed by atoms with E-state index in [4.69, 9.17) is 0 Å². The zero-order valence-electron chi connectivity index (χ0n) is 10.7. The first-order valence-electron chi connectivity index (χ1n) is 6.01. The first-order valence-corrected chi connectivity index (χ1v) is 6.01. The molecule has 5 heteroatoms. The molecule has 2 aromatic rings. The Hall–Kier alpha value is -2.69. The lowest BCUT2D eigenvalue weighted by atomic mass is 9.91. The Morgan fingerprint density at radius 3 is 2.05 bits per heavy atom. The fraction of sp³-hybridized carbons (Fsp3) is 0.133. The van der Waals surface area contributed by atoms with Gasteiger partial charge in [-0.05, 0) is 24.1 Å². The number of aromatic carboxylic acids is 2. The van der Waals surface area contributed by atoms with Gasteiger partial charge in [0, 0.05) is 16.3 Å². The van der Waals surface area contributed by atoms with Crippen molar-refractivity contribution in [1.29, 1.82) is 0 Å². The third-order valence-corrected chi connectivity index (χ3v) is 3.25. The topological polar surface area (TPSA) is 91.7 Å². The molecule has 0 aliphatic heterocycles. The number of hydrogen-bond acceptors (Lipinski definition) is 3. The van der Waals surface area contributed by atoms with Crippen LogP contribution < -0.4 is 0 Å². The summed E-state index contributed by atoms with van der Waals surface area (Å²) >= 11 is 0. The van der Waals surface area contributed by atoms with Crippen molar-refractivity contribution >= 4 is 29.0 Å². The highest BCUT2D eigenvalue weighted by Gasteiger charge is 2.19. The van der Waals surface area contributed by atoms with E-state index in [1.54, 1.807) is 6.07 Å². The number of aldehydes is 1. The second kappa shape index (κ2) is 5.13. The lowest BCUT2D eigenvalue weighted by Gasteiger charge is -2.12. The Morgan fingerprint density at radius 2 is 1.55 bits per heavy atom. The first-order chi connectivity index (χ1) is 9.51. The van der Waals surface area contributed by atoms with Crippen LogP contribution >= 0.6 is 0 Å². The van der Waals surface area contributed by atoms with Crippen LogP contribution in [-0.4, -0.2) is 28.4 Å².